The molecule has 1 heterocycles. The summed E-state index contributed by atoms with van der Waals surface area (Å²) in [5.74, 6) is 0. The summed E-state index contributed by atoms with van der Waals surface area (Å²) in [5.41, 5.74) is 16.3. The van der Waals surface area contributed by atoms with Crippen molar-refractivity contribution in [1.29, 1.82) is 0 Å². The first-order chi connectivity index (χ1) is 29.0. The van der Waals surface area contributed by atoms with Gasteiger partial charge in [0.25, 0.3) is 0 Å². The van der Waals surface area contributed by atoms with E-state index in [1.54, 1.807) is 0 Å². The van der Waals surface area contributed by atoms with E-state index in [4.69, 9.17) is 0 Å². The van der Waals surface area contributed by atoms with Gasteiger partial charge in [-0.25, -0.2) is 0 Å². The smallest absolute Gasteiger partial charge is 0.180 e. The lowest BCUT2D eigenvalue weighted by molar-refractivity contribution is 0.660. The van der Waals surface area contributed by atoms with Crippen LogP contribution in [0.5, 0.6) is 0 Å². The van der Waals surface area contributed by atoms with Gasteiger partial charge in [0.1, 0.15) is 0 Å². The second kappa shape index (κ2) is 13.8. The van der Waals surface area contributed by atoms with Gasteiger partial charge < -0.3 is 4.90 Å². The zero-order valence-corrected chi connectivity index (χ0v) is 34.3. The molecule has 0 bridgehead atoms. The van der Waals surface area contributed by atoms with Crippen LogP contribution in [0.15, 0.2) is 224 Å². The van der Waals surface area contributed by atoms with Crippen molar-refractivity contribution in [2.45, 2.75) is 19.3 Å². The van der Waals surface area contributed by atoms with Gasteiger partial charge in [-0.2, -0.15) is 0 Å². The van der Waals surface area contributed by atoms with E-state index in [-0.39, 0.29) is 5.41 Å². The summed E-state index contributed by atoms with van der Waals surface area (Å²) >= 11 is 0. The molecule has 1 aliphatic carbocycles. The molecular formula is C57H43NSi. The topological polar surface area (TPSA) is 3.24 Å². The normalized spacial score (nSPS) is 13.9. The molecule has 0 saturated heterocycles. The second-order valence-electron chi connectivity index (χ2n) is 16.5. The highest BCUT2D eigenvalue weighted by atomic mass is 28.3. The molecule has 0 fully saturated rings. The number of anilines is 3. The maximum Gasteiger partial charge on any atom is 0.180 e. The molecule has 11 rings (SSSR count). The van der Waals surface area contributed by atoms with E-state index < -0.39 is 8.07 Å². The van der Waals surface area contributed by atoms with E-state index in [0.29, 0.717) is 0 Å². The summed E-state index contributed by atoms with van der Waals surface area (Å²) in [4.78, 5) is 2.41. The molecule has 2 aliphatic rings. The van der Waals surface area contributed by atoms with Crippen LogP contribution in [-0.2, 0) is 5.41 Å². The monoisotopic (exact) mass is 769 g/mol. The first kappa shape index (κ1) is 35.2. The molecular weight excluding hydrogens is 727 g/mol. The standard InChI is InChI=1S/C57H43NSi/c1-57(2)53-25-12-9-22-49(53)50-37-36-46(39-54(50)57)58(44-32-28-41(29-33-44)40-16-5-3-6-17-40)45-34-30-42(31-35-45)43-18-15-21-48(38-43)59(47-19-7-4-8-20-47)55-26-13-10-23-51(55)52-24-11-14-27-56(52)59/h3-39H,1-2H3. The molecule has 0 radical (unpaired) electrons. The summed E-state index contributed by atoms with van der Waals surface area (Å²) in [5, 5.41) is 5.76. The van der Waals surface area contributed by atoms with Crippen molar-refractivity contribution in [3.8, 4) is 44.5 Å². The predicted molar refractivity (Wildman–Crippen MR) is 252 cm³/mol. The van der Waals surface area contributed by atoms with Crippen LogP contribution in [0.3, 0.4) is 0 Å². The van der Waals surface area contributed by atoms with Crippen LogP contribution in [0.1, 0.15) is 25.0 Å². The maximum atomic E-state index is 2.48. The van der Waals surface area contributed by atoms with Gasteiger partial charge in [-0.3, -0.25) is 0 Å². The number of nitrogens with zero attached hydrogens (tertiary/aromatic N) is 1. The molecule has 0 atom stereocenters. The van der Waals surface area contributed by atoms with Gasteiger partial charge >= 0.3 is 0 Å². The Morgan fingerprint density at radius 1 is 0.322 bits per heavy atom. The lowest BCUT2D eigenvalue weighted by Crippen LogP contribution is -2.72. The summed E-state index contributed by atoms with van der Waals surface area (Å²) < 4.78 is 0. The highest BCUT2D eigenvalue weighted by molar-refractivity contribution is 7.22. The highest BCUT2D eigenvalue weighted by Gasteiger charge is 2.48. The van der Waals surface area contributed by atoms with E-state index in [1.807, 2.05) is 0 Å². The van der Waals surface area contributed by atoms with Crippen LogP contribution < -0.4 is 25.6 Å². The third-order valence-corrected chi connectivity index (χ3v) is 17.8. The van der Waals surface area contributed by atoms with Crippen molar-refractivity contribution in [1.82, 2.24) is 0 Å². The van der Waals surface area contributed by atoms with Gasteiger partial charge in [0, 0.05) is 22.5 Å². The Kier molecular flexibility index (Phi) is 8.25. The Morgan fingerprint density at radius 3 is 1.42 bits per heavy atom. The van der Waals surface area contributed by atoms with Crippen LogP contribution >= 0.6 is 0 Å². The van der Waals surface area contributed by atoms with Gasteiger partial charge in [-0.05, 0) is 113 Å². The Labute approximate surface area is 348 Å². The van der Waals surface area contributed by atoms with Crippen LogP contribution in [0.4, 0.5) is 17.1 Å². The number of hydrogen-bond donors (Lipinski definition) is 0. The van der Waals surface area contributed by atoms with Crippen LogP contribution in [0.2, 0.25) is 0 Å². The fourth-order valence-corrected chi connectivity index (χ4v) is 15.4. The summed E-state index contributed by atoms with van der Waals surface area (Å²) in [7, 11) is -2.59. The zero-order valence-electron chi connectivity index (χ0n) is 33.3. The van der Waals surface area contributed by atoms with Crippen molar-refractivity contribution in [3.63, 3.8) is 0 Å². The molecule has 2 heteroatoms. The minimum atomic E-state index is -2.59. The van der Waals surface area contributed by atoms with Crippen LogP contribution in [-0.4, -0.2) is 8.07 Å². The molecule has 0 amide bonds. The van der Waals surface area contributed by atoms with Crippen molar-refractivity contribution in [2.24, 2.45) is 0 Å². The third kappa shape index (κ3) is 5.51. The summed E-state index contributed by atoms with van der Waals surface area (Å²) in [6.07, 6.45) is 0. The van der Waals surface area contributed by atoms with Gasteiger partial charge in [-0.1, -0.05) is 202 Å². The van der Waals surface area contributed by atoms with Gasteiger partial charge in [-0.15, -0.1) is 0 Å². The van der Waals surface area contributed by atoms with E-state index in [1.165, 1.54) is 76.4 Å². The molecule has 0 spiro atoms. The molecule has 9 aromatic carbocycles. The van der Waals surface area contributed by atoms with E-state index in [2.05, 4.69) is 243 Å². The van der Waals surface area contributed by atoms with E-state index in [9.17, 15) is 0 Å². The van der Waals surface area contributed by atoms with Crippen LogP contribution in [0, 0.1) is 0 Å². The SMILES string of the molecule is CC1(C)c2ccccc2-c2ccc(N(c3ccc(-c4ccccc4)cc3)c3ccc(-c4cccc([Si]5(c6ccccc6)c6ccccc6-c6ccccc65)c4)cc3)cc21. The second-order valence-corrected chi connectivity index (χ2v) is 20.2. The molecule has 0 saturated carbocycles. The summed E-state index contributed by atoms with van der Waals surface area (Å²) in [6.45, 7) is 4.72. The average molecular weight is 770 g/mol. The van der Waals surface area contributed by atoms with Crippen molar-refractivity contribution < 1.29 is 0 Å². The van der Waals surface area contributed by atoms with Gasteiger partial charge in [0.2, 0.25) is 0 Å². The fourth-order valence-electron chi connectivity index (χ4n) is 10.2. The highest BCUT2D eigenvalue weighted by Crippen LogP contribution is 2.50. The molecule has 59 heavy (non-hydrogen) atoms. The summed E-state index contributed by atoms with van der Waals surface area (Å²) in [6, 6.07) is 83.7. The Hall–Kier alpha value is -7.00. The quantitative estimate of drug-likeness (QED) is 0.146. The Morgan fingerprint density at radius 2 is 0.780 bits per heavy atom. The van der Waals surface area contributed by atoms with Crippen molar-refractivity contribution in [3.05, 3.63) is 236 Å². The van der Waals surface area contributed by atoms with Gasteiger partial charge in [0.15, 0.2) is 8.07 Å². The average Bonchev–Trinajstić information content (AvgIpc) is 3.73. The van der Waals surface area contributed by atoms with E-state index >= 15 is 0 Å². The Bertz CT molecular complexity index is 2960. The fraction of sp³-hybridized carbons (Fsp3) is 0.0526. The first-order valence-electron chi connectivity index (χ1n) is 20.7. The lowest BCUT2D eigenvalue weighted by atomic mass is 9.82. The van der Waals surface area contributed by atoms with Crippen molar-refractivity contribution >= 4 is 45.9 Å². The minimum Gasteiger partial charge on any atom is -0.310 e. The molecule has 1 aliphatic heterocycles. The number of rotatable bonds is 7. The third-order valence-electron chi connectivity index (χ3n) is 13.0. The number of fused-ring (bicyclic) bond motifs is 6. The minimum absolute atomic E-state index is 0.0968. The van der Waals surface area contributed by atoms with E-state index in [0.717, 1.165) is 17.1 Å². The largest absolute Gasteiger partial charge is 0.310 e. The van der Waals surface area contributed by atoms with Crippen molar-refractivity contribution in [2.75, 3.05) is 4.90 Å². The van der Waals surface area contributed by atoms with Gasteiger partial charge in [0.05, 0.1) is 0 Å². The molecule has 0 unspecified atom stereocenters. The lowest BCUT2D eigenvalue weighted by Gasteiger charge is -2.31. The molecule has 9 aromatic rings. The molecule has 280 valence electrons. The predicted octanol–water partition coefficient (Wildman–Crippen LogP) is 12.2. The molecule has 0 aromatic heterocycles. The Balaban J connectivity index is 1.02. The number of hydrogen-bond acceptors (Lipinski definition) is 1. The first-order valence-corrected chi connectivity index (χ1v) is 22.7. The van der Waals surface area contributed by atoms with Crippen LogP contribution in [0.25, 0.3) is 44.5 Å². The zero-order chi connectivity index (χ0) is 39.6. The number of benzene rings is 9. The molecule has 1 nitrogen and oxygen atoms in total. The maximum absolute atomic E-state index is 2.59. The molecule has 0 N–H and O–H groups in total.